The average Bonchev–Trinajstić information content (AvgIpc) is 2.94. The summed E-state index contributed by atoms with van der Waals surface area (Å²) in [5, 5.41) is 7.87. The van der Waals surface area contributed by atoms with Gasteiger partial charge in [0, 0.05) is 47.1 Å². The summed E-state index contributed by atoms with van der Waals surface area (Å²) in [5.41, 5.74) is 0. The van der Waals surface area contributed by atoms with Crippen LogP contribution >= 0.6 is 0 Å². The van der Waals surface area contributed by atoms with Crippen molar-refractivity contribution in [2.45, 2.75) is 118 Å². The van der Waals surface area contributed by atoms with E-state index in [1.54, 1.807) is 39.9 Å². The van der Waals surface area contributed by atoms with Crippen LogP contribution in [0, 0.1) is 17.8 Å². The molecule has 12 heteroatoms. The molecule has 0 aliphatic heterocycles. The highest BCUT2D eigenvalue weighted by Gasteiger charge is 2.37. The molecule has 0 heterocycles. The van der Waals surface area contributed by atoms with Crippen LogP contribution in [0.25, 0.3) is 0 Å². The lowest BCUT2D eigenvalue weighted by Crippen LogP contribution is -2.58. The second-order valence-electron chi connectivity index (χ2n) is 12.8. The minimum atomic E-state index is -0.955. The van der Waals surface area contributed by atoms with E-state index >= 15 is 0 Å². The van der Waals surface area contributed by atoms with Crippen LogP contribution in [0.4, 0.5) is 0 Å². The first-order valence-corrected chi connectivity index (χ1v) is 15.4. The minimum absolute atomic E-state index is 0.00223. The summed E-state index contributed by atoms with van der Waals surface area (Å²) >= 11 is 0. The van der Waals surface area contributed by atoms with Gasteiger partial charge in [0.2, 0.25) is 35.4 Å². The van der Waals surface area contributed by atoms with Gasteiger partial charge in [-0.2, -0.15) is 0 Å². The lowest BCUT2D eigenvalue weighted by atomic mass is 9.96. The van der Waals surface area contributed by atoms with Crippen molar-refractivity contribution in [3.63, 3.8) is 0 Å². The molecule has 0 unspecified atom stereocenters. The quantitative estimate of drug-likeness (QED) is 0.229. The number of hydrogen-bond acceptors (Lipinski definition) is 6. The number of likely N-dealkylation sites (N-methyl/N-ethyl adjacent to an activating group) is 3. The Morgan fingerprint density at radius 3 is 1.65 bits per heavy atom. The van der Waals surface area contributed by atoms with Gasteiger partial charge in [-0.3, -0.25) is 28.8 Å². The molecule has 3 N–H and O–H groups in total. The summed E-state index contributed by atoms with van der Waals surface area (Å²) in [7, 11) is 6.23. The van der Waals surface area contributed by atoms with E-state index in [4.69, 9.17) is 0 Å². The third-order valence-corrected chi connectivity index (χ3v) is 7.82. The molecule has 0 aromatic heterocycles. The lowest BCUT2D eigenvalue weighted by Gasteiger charge is -2.38. The topological polar surface area (TPSA) is 148 Å². The Balaban J connectivity index is 5.61. The zero-order valence-electron chi connectivity index (χ0n) is 28.7. The van der Waals surface area contributed by atoms with Crippen LogP contribution < -0.4 is 16.0 Å². The van der Waals surface area contributed by atoms with Gasteiger partial charge in [-0.05, 0) is 51.4 Å². The van der Waals surface area contributed by atoms with E-state index in [1.165, 1.54) is 23.8 Å². The molecule has 0 rings (SSSR count). The van der Waals surface area contributed by atoms with Gasteiger partial charge in [0.15, 0.2) is 0 Å². The van der Waals surface area contributed by atoms with E-state index in [0.29, 0.717) is 25.2 Å². The Kier molecular flexibility index (Phi) is 17.1. The van der Waals surface area contributed by atoms with E-state index in [0.717, 1.165) is 0 Å². The molecule has 0 saturated carbocycles. The van der Waals surface area contributed by atoms with E-state index in [2.05, 4.69) is 16.0 Å². The van der Waals surface area contributed by atoms with Gasteiger partial charge in [0.05, 0.1) is 0 Å². The zero-order valence-corrected chi connectivity index (χ0v) is 28.7. The van der Waals surface area contributed by atoms with Crippen molar-refractivity contribution in [1.82, 2.24) is 30.7 Å². The van der Waals surface area contributed by atoms with Crippen LogP contribution in [0.2, 0.25) is 0 Å². The second kappa shape index (κ2) is 18.5. The standard InChI is InChI=1S/C31H58N6O6/c1-18(2)14-15-26(38)33-21(7)28(40)34-22(8)29(41)35(11)23(9)30(42)37(13)25(16-19(3)4)31(43)36(12)24(20(5)6)17-27(39)32-10/h18-25H,14-17H2,1-13H3,(H,32,39)(H,33,38)(H,34,40)/t21-,22-,23-,24-,25+/m1/s1. The molecule has 0 aliphatic carbocycles. The summed E-state index contributed by atoms with van der Waals surface area (Å²) in [6.45, 7) is 16.5. The molecular formula is C31H58N6O6. The van der Waals surface area contributed by atoms with E-state index < -0.39 is 41.9 Å². The minimum Gasteiger partial charge on any atom is -0.359 e. The van der Waals surface area contributed by atoms with Crippen molar-refractivity contribution in [2.24, 2.45) is 17.8 Å². The Hall–Kier alpha value is -3.18. The lowest BCUT2D eigenvalue weighted by molar-refractivity contribution is -0.151. The molecule has 6 amide bonds. The van der Waals surface area contributed by atoms with Crippen LogP contribution in [-0.2, 0) is 28.8 Å². The molecule has 0 fully saturated rings. The monoisotopic (exact) mass is 610 g/mol. The third kappa shape index (κ3) is 12.9. The number of nitrogens with zero attached hydrogens (tertiary/aromatic N) is 3. The Morgan fingerprint density at radius 2 is 1.19 bits per heavy atom. The van der Waals surface area contributed by atoms with Gasteiger partial charge < -0.3 is 30.7 Å². The third-order valence-electron chi connectivity index (χ3n) is 7.82. The highest BCUT2D eigenvalue weighted by molar-refractivity contribution is 5.95. The van der Waals surface area contributed by atoms with Crippen LogP contribution in [0.15, 0.2) is 0 Å². The molecule has 12 nitrogen and oxygen atoms in total. The molecule has 5 atom stereocenters. The van der Waals surface area contributed by atoms with Gasteiger partial charge in [-0.1, -0.05) is 41.5 Å². The maximum atomic E-state index is 13.8. The summed E-state index contributed by atoms with van der Waals surface area (Å²) in [5.74, 6) is -1.68. The highest BCUT2D eigenvalue weighted by atomic mass is 16.2. The molecule has 0 aliphatic rings. The molecule has 248 valence electrons. The molecule has 0 bridgehead atoms. The summed E-state index contributed by atoms with van der Waals surface area (Å²) in [4.78, 5) is 81.6. The average molecular weight is 611 g/mol. The Morgan fingerprint density at radius 1 is 0.628 bits per heavy atom. The number of carbonyl (C=O) groups excluding carboxylic acids is 6. The van der Waals surface area contributed by atoms with Crippen molar-refractivity contribution < 1.29 is 28.8 Å². The molecule has 0 aromatic rings. The molecule has 43 heavy (non-hydrogen) atoms. The predicted molar refractivity (Wildman–Crippen MR) is 168 cm³/mol. The van der Waals surface area contributed by atoms with Crippen molar-refractivity contribution in [2.75, 3.05) is 28.2 Å². The molecular weight excluding hydrogens is 552 g/mol. The normalized spacial score (nSPS) is 14.8. The molecule has 0 radical (unpaired) electrons. The fraction of sp³-hybridized carbons (Fsp3) is 0.806. The molecule has 0 saturated heterocycles. The summed E-state index contributed by atoms with van der Waals surface area (Å²) in [6, 6.07) is -3.87. The van der Waals surface area contributed by atoms with E-state index in [1.807, 2.05) is 41.5 Å². The first kappa shape index (κ1) is 39.8. The number of carbonyl (C=O) groups is 6. The molecule has 0 spiro atoms. The summed E-state index contributed by atoms with van der Waals surface area (Å²) in [6.07, 6.45) is 1.55. The Bertz CT molecular complexity index is 968. The van der Waals surface area contributed by atoms with Crippen LogP contribution in [0.5, 0.6) is 0 Å². The van der Waals surface area contributed by atoms with Gasteiger partial charge in [-0.25, -0.2) is 0 Å². The summed E-state index contributed by atoms with van der Waals surface area (Å²) < 4.78 is 0. The zero-order chi connectivity index (χ0) is 33.8. The van der Waals surface area contributed by atoms with Crippen molar-refractivity contribution in [3.05, 3.63) is 0 Å². The number of amides is 6. The van der Waals surface area contributed by atoms with Gasteiger partial charge in [-0.15, -0.1) is 0 Å². The van der Waals surface area contributed by atoms with E-state index in [-0.39, 0.29) is 42.0 Å². The van der Waals surface area contributed by atoms with Crippen molar-refractivity contribution in [1.29, 1.82) is 0 Å². The van der Waals surface area contributed by atoms with Crippen LogP contribution in [0.3, 0.4) is 0 Å². The van der Waals surface area contributed by atoms with Crippen LogP contribution in [-0.4, -0.2) is 109 Å². The van der Waals surface area contributed by atoms with Crippen LogP contribution in [0.1, 0.15) is 88.0 Å². The van der Waals surface area contributed by atoms with Gasteiger partial charge in [0.1, 0.15) is 24.2 Å². The number of rotatable bonds is 17. The number of nitrogens with one attached hydrogen (secondary N) is 3. The first-order valence-electron chi connectivity index (χ1n) is 15.4. The smallest absolute Gasteiger partial charge is 0.245 e. The second-order valence-corrected chi connectivity index (χ2v) is 12.8. The molecule has 0 aromatic carbocycles. The maximum absolute atomic E-state index is 13.8. The van der Waals surface area contributed by atoms with Gasteiger partial charge in [0.25, 0.3) is 0 Å². The fourth-order valence-corrected chi connectivity index (χ4v) is 4.69. The largest absolute Gasteiger partial charge is 0.359 e. The first-order chi connectivity index (χ1) is 19.8. The fourth-order valence-electron chi connectivity index (χ4n) is 4.69. The SMILES string of the molecule is CNC(=O)C[C@H](C(C)C)N(C)C(=O)[C@H](CC(C)C)N(C)C(=O)[C@@H](C)N(C)C(=O)[C@@H](C)NC(=O)[C@@H](C)NC(=O)CCC(C)C. The van der Waals surface area contributed by atoms with Crippen molar-refractivity contribution in [3.8, 4) is 0 Å². The maximum Gasteiger partial charge on any atom is 0.245 e. The van der Waals surface area contributed by atoms with Gasteiger partial charge >= 0.3 is 0 Å². The highest BCUT2D eigenvalue weighted by Crippen LogP contribution is 2.20. The Labute approximate surface area is 259 Å². The predicted octanol–water partition coefficient (Wildman–Crippen LogP) is 1.77. The number of hydrogen-bond donors (Lipinski definition) is 3. The van der Waals surface area contributed by atoms with E-state index in [9.17, 15) is 28.8 Å². The van der Waals surface area contributed by atoms with Crippen molar-refractivity contribution >= 4 is 35.4 Å².